The second-order valence-corrected chi connectivity index (χ2v) is 4.42. The average molecular weight is 230 g/mol. The average Bonchev–Trinajstić information content (AvgIpc) is 2.41. The van der Waals surface area contributed by atoms with Crippen LogP contribution < -0.4 is 10.1 Å². The third kappa shape index (κ3) is 3.76. The summed E-state index contributed by atoms with van der Waals surface area (Å²) in [6, 6.07) is 9.99. The van der Waals surface area contributed by atoms with Gasteiger partial charge in [-0.1, -0.05) is 6.42 Å². The van der Waals surface area contributed by atoms with Gasteiger partial charge in [0.15, 0.2) is 0 Å². The van der Waals surface area contributed by atoms with Gasteiger partial charge in [-0.2, -0.15) is 5.26 Å². The first kappa shape index (κ1) is 11.9. The van der Waals surface area contributed by atoms with Gasteiger partial charge in [-0.25, -0.2) is 0 Å². The minimum absolute atomic E-state index is 0.613. The standard InChI is InChI=1S/C14H18N2O/c15-11-12-4-6-14(7-5-12)17-10-8-13-3-1-2-9-16-13/h4-7,13,16H,1-3,8-10H2. The minimum atomic E-state index is 0.613. The fourth-order valence-corrected chi connectivity index (χ4v) is 2.12. The summed E-state index contributed by atoms with van der Waals surface area (Å²) in [5, 5.41) is 12.2. The molecule has 0 radical (unpaired) electrons. The molecular formula is C14H18N2O. The fraction of sp³-hybridized carbons (Fsp3) is 0.500. The van der Waals surface area contributed by atoms with Crippen molar-refractivity contribution in [3.63, 3.8) is 0 Å². The summed E-state index contributed by atoms with van der Waals surface area (Å²) in [6.07, 6.45) is 4.94. The molecule has 1 saturated heterocycles. The van der Waals surface area contributed by atoms with E-state index in [0.29, 0.717) is 11.6 Å². The lowest BCUT2D eigenvalue weighted by Crippen LogP contribution is -2.35. The Bertz CT molecular complexity index is 374. The van der Waals surface area contributed by atoms with Gasteiger partial charge in [0.2, 0.25) is 0 Å². The van der Waals surface area contributed by atoms with Crippen LogP contribution in [0.4, 0.5) is 0 Å². The van der Waals surface area contributed by atoms with Crippen molar-refractivity contribution in [1.29, 1.82) is 5.26 Å². The number of nitrogens with one attached hydrogen (secondary N) is 1. The number of ether oxygens (including phenoxy) is 1. The van der Waals surface area contributed by atoms with E-state index in [9.17, 15) is 0 Å². The summed E-state index contributed by atoms with van der Waals surface area (Å²) in [4.78, 5) is 0. The van der Waals surface area contributed by atoms with Crippen LogP contribution >= 0.6 is 0 Å². The lowest BCUT2D eigenvalue weighted by atomic mass is 10.0. The molecule has 3 heteroatoms. The zero-order chi connectivity index (χ0) is 11.9. The monoisotopic (exact) mass is 230 g/mol. The number of benzene rings is 1. The number of nitrogens with zero attached hydrogens (tertiary/aromatic N) is 1. The number of rotatable bonds is 4. The van der Waals surface area contributed by atoms with Crippen LogP contribution in [-0.4, -0.2) is 19.2 Å². The predicted octanol–water partition coefficient (Wildman–Crippen LogP) is 2.47. The normalized spacial score (nSPS) is 19.6. The molecule has 1 fully saturated rings. The van der Waals surface area contributed by atoms with Gasteiger partial charge in [0.05, 0.1) is 18.2 Å². The zero-order valence-corrected chi connectivity index (χ0v) is 9.98. The SMILES string of the molecule is N#Cc1ccc(OCCC2CCCCN2)cc1. The largest absolute Gasteiger partial charge is 0.494 e. The van der Waals surface area contributed by atoms with Crippen molar-refractivity contribution in [3.8, 4) is 11.8 Å². The maximum absolute atomic E-state index is 8.68. The smallest absolute Gasteiger partial charge is 0.119 e. The predicted molar refractivity (Wildman–Crippen MR) is 66.9 cm³/mol. The van der Waals surface area contributed by atoms with Crippen molar-refractivity contribution in [2.24, 2.45) is 0 Å². The molecule has 3 nitrogen and oxygen atoms in total. The number of piperidine rings is 1. The highest BCUT2D eigenvalue weighted by atomic mass is 16.5. The van der Waals surface area contributed by atoms with Crippen LogP contribution in [0.2, 0.25) is 0 Å². The Morgan fingerprint density at radius 3 is 2.76 bits per heavy atom. The van der Waals surface area contributed by atoms with E-state index in [1.807, 2.05) is 12.1 Å². The van der Waals surface area contributed by atoms with Crippen molar-refractivity contribution in [3.05, 3.63) is 29.8 Å². The highest BCUT2D eigenvalue weighted by Gasteiger charge is 2.11. The Kier molecular flexibility index (Phi) is 4.40. The van der Waals surface area contributed by atoms with Gasteiger partial charge in [-0.05, 0) is 50.1 Å². The topological polar surface area (TPSA) is 45.0 Å². The van der Waals surface area contributed by atoms with Crippen LogP contribution in [0.15, 0.2) is 24.3 Å². The Morgan fingerprint density at radius 1 is 1.29 bits per heavy atom. The third-order valence-corrected chi connectivity index (χ3v) is 3.13. The van der Waals surface area contributed by atoms with Gasteiger partial charge in [0.25, 0.3) is 0 Å². The van der Waals surface area contributed by atoms with Crippen molar-refractivity contribution >= 4 is 0 Å². The number of nitriles is 1. The molecule has 1 aliphatic rings. The highest BCUT2D eigenvalue weighted by molar-refractivity contribution is 5.34. The molecule has 1 aromatic rings. The molecule has 0 amide bonds. The summed E-state index contributed by atoms with van der Waals surface area (Å²) in [6.45, 7) is 1.88. The first-order chi connectivity index (χ1) is 8.38. The quantitative estimate of drug-likeness (QED) is 0.864. The van der Waals surface area contributed by atoms with E-state index in [1.165, 1.54) is 19.3 Å². The number of hydrogen-bond acceptors (Lipinski definition) is 3. The maximum atomic E-state index is 8.68. The van der Waals surface area contributed by atoms with E-state index < -0.39 is 0 Å². The van der Waals surface area contributed by atoms with Gasteiger partial charge >= 0.3 is 0 Å². The molecule has 17 heavy (non-hydrogen) atoms. The first-order valence-electron chi connectivity index (χ1n) is 6.25. The lowest BCUT2D eigenvalue weighted by Gasteiger charge is -2.23. The van der Waals surface area contributed by atoms with Crippen LogP contribution in [0.5, 0.6) is 5.75 Å². The molecule has 1 aromatic carbocycles. The van der Waals surface area contributed by atoms with Gasteiger partial charge in [-0.15, -0.1) is 0 Å². The highest BCUT2D eigenvalue weighted by Crippen LogP contribution is 2.14. The van der Waals surface area contributed by atoms with Gasteiger partial charge in [-0.3, -0.25) is 0 Å². The Hall–Kier alpha value is -1.53. The van der Waals surface area contributed by atoms with E-state index in [4.69, 9.17) is 10.00 Å². The molecular weight excluding hydrogens is 212 g/mol. The molecule has 0 aliphatic carbocycles. The Balaban J connectivity index is 1.72. The van der Waals surface area contributed by atoms with Crippen LogP contribution in [0.1, 0.15) is 31.2 Å². The van der Waals surface area contributed by atoms with E-state index in [1.54, 1.807) is 12.1 Å². The second kappa shape index (κ2) is 6.27. The molecule has 0 spiro atoms. The Labute approximate surface area is 102 Å². The molecule has 1 N–H and O–H groups in total. The maximum Gasteiger partial charge on any atom is 0.119 e. The molecule has 2 rings (SSSR count). The van der Waals surface area contributed by atoms with Crippen molar-refractivity contribution in [2.45, 2.75) is 31.7 Å². The van der Waals surface area contributed by atoms with Crippen molar-refractivity contribution in [2.75, 3.05) is 13.2 Å². The van der Waals surface area contributed by atoms with E-state index in [-0.39, 0.29) is 0 Å². The van der Waals surface area contributed by atoms with Crippen LogP contribution in [0.3, 0.4) is 0 Å². The van der Waals surface area contributed by atoms with Gasteiger partial charge < -0.3 is 10.1 Å². The molecule has 1 aliphatic heterocycles. The fourth-order valence-electron chi connectivity index (χ4n) is 2.12. The summed E-state index contributed by atoms with van der Waals surface area (Å²) in [5.41, 5.74) is 0.672. The minimum Gasteiger partial charge on any atom is -0.494 e. The Morgan fingerprint density at radius 2 is 2.12 bits per heavy atom. The van der Waals surface area contributed by atoms with Gasteiger partial charge in [0, 0.05) is 6.04 Å². The molecule has 90 valence electrons. The molecule has 1 unspecified atom stereocenters. The van der Waals surface area contributed by atoms with Crippen molar-refractivity contribution < 1.29 is 4.74 Å². The molecule has 1 atom stereocenters. The lowest BCUT2D eigenvalue weighted by molar-refractivity contribution is 0.268. The molecule has 1 heterocycles. The molecule has 0 bridgehead atoms. The molecule has 0 saturated carbocycles. The number of hydrogen-bond donors (Lipinski definition) is 1. The van der Waals surface area contributed by atoms with Crippen LogP contribution in [0, 0.1) is 11.3 Å². The van der Waals surface area contributed by atoms with E-state index in [2.05, 4.69) is 11.4 Å². The zero-order valence-electron chi connectivity index (χ0n) is 9.98. The van der Waals surface area contributed by atoms with Gasteiger partial charge in [0.1, 0.15) is 5.75 Å². The molecule has 0 aromatic heterocycles. The summed E-state index contributed by atoms with van der Waals surface area (Å²) in [5.74, 6) is 0.847. The van der Waals surface area contributed by atoms with E-state index in [0.717, 1.165) is 25.3 Å². The summed E-state index contributed by atoms with van der Waals surface area (Å²) < 4.78 is 5.66. The van der Waals surface area contributed by atoms with Crippen molar-refractivity contribution in [1.82, 2.24) is 5.32 Å². The second-order valence-electron chi connectivity index (χ2n) is 4.42. The summed E-state index contributed by atoms with van der Waals surface area (Å²) >= 11 is 0. The van der Waals surface area contributed by atoms with Crippen LogP contribution in [-0.2, 0) is 0 Å². The van der Waals surface area contributed by atoms with E-state index >= 15 is 0 Å². The third-order valence-electron chi connectivity index (χ3n) is 3.13. The first-order valence-corrected chi connectivity index (χ1v) is 6.25. The summed E-state index contributed by atoms with van der Waals surface area (Å²) in [7, 11) is 0. The van der Waals surface area contributed by atoms with Crippen LogP contribution in [0.25, 0.3) is 0 Å².